The van der Waals surface area contributed by atoms with Crippen molar-refractivity contribution >= 4 is 39.2 Å². The first-order valence-corrected chi connectivity index (χ1v) is 13.1. The molecule has 4 aromatic rings. The monoisotopic (exact) mass is 597 g/mol. The van der Waals surface area contributed by atoms with E-state index < -0.39 is 46.9 Å². The number of aromatic nitrogens is 3. The van der Waals surface area contributed by atoms with Crippen LogP contribution in [0.2, 0.25) is 0 Å². The van der Waals surface area contributed by atoms with Gasteiger partial charge in [0.1, 0.15) is 5.01 Å². The Bertz CT molecular complexity index is 1540. The van der Waals surface area contributed by atoms with E-state index in [0.717, 1.165) is 21.4 Å². The number of carbonyl (C=O) groups excluding carboxylic acids is 2. The first kappa shape index (κ1) is 30.0. The van der Waals surface area contributed by atoms with Crippen molar-refractivity contribution in [2.75, 3.05) is 12.4 Å². The number of benzene rings is 2. The van der Waals surface area contributed by atoms with Gasteiger partial charge < -0.3 is 14.8 Å². The van der Waals surface area contributed by atoms with Crippen molar-refractivity contribution in [2.45, 2.75) is 44.6 Å². The number of carbonyl (C=O) groups is 2. The second kappa shape index (κ2) is 11.5. The molecule has 7 nitrogen and oxygen atoms in total. The Balaban J connectivity index is 1.65. The van der Waals surface area contributed by atoms with Crippen molar-refractivity contribution in [1.29, 1.82) is 0 Å². The number of nitrogens with one attached hydrogen (secondary N) is 1. The quantitative estimate of drug-likeness (QED) is 0.236. The number of fused-ring (bicyclic) bond motifs is 1. The maximum atomic E-state index is 13.4. The number of halogens is 6. The molecular weight excluding hydrogens is 572 g/mol. The fraction of sp³-hybridized carbons (Fsp3) is 0.333. The molecule has 2 aromatic heterocycles. The molecule has 41 heavy (non-hydrogen) atoms. The highest BCUT2D eigenvalue weighted by atomic mass is 32.1. The highest BCUT2D eigenvalue weighted by Crippen LogP contribution is 2.37. The lowest BCUT2D eigenvalue weighted by Gasteiger charge is -2.29. The summed E-state index contributed by atoms with van der Waals surface area (Å²) in [4.78, 5) is 27.1. The lowest BCUT2D eigenvalue weighted by molar-refractivity contribution is -0.143. The summed E-state index contributed by atoms with van der Waals surface area (Å²) in [6.07, 6.45) is -8.19. The third-order valence-electron chi connectivity index (χ3n) is 6.61. The molecule has 0 saturated heterocycles. The van der Waals surface area contributed by atoms with Crippen molar-refractivity contribution < 1.29 is 35.9 Å². The Morgan fingerprint density at radius 3 is 2.24 bits per heavy atom. The number of likely N-dealkylation sites (N-methyl/N-ethyl adjacent to an activating group) is 1. The van der Waals surface area contributed by atoms with E-state index in [-0.39, 0.29) is 30.5 Å². The van der Waals surface area contributed by atoms with Gasteiger partial charge in [-0.1, -0.05) is 29.5 Å². The smallest absolute Gasteiger partial charge is 0.350 e. The van der Waals surface area contributed by atoms with E-state index in [1.54, 1.807) is 6.92 Å². The number of hydrogen-bond donors (Lipinski definition) is 1. The molecule has 218 valence electrons. The Morgan fingerprint density at radius 1 is 1.02 bits per heavy atom. The number of nitrogens with zero attached hydrogens (tertiary/aromatic N) is 4. The Labute approximate surface area is 234 Å². The van der Waals surface area contributed by atoms with E-state index in [1.165, 1.54) is 18.4 Å². The van der Waals surface area contributed by atoms with Crippen molar-refractivity contribution in [3.63, 3.8) is 0 Å². The number of rotatable bonds is 8. The Kier molecular flexibility index (Phi) is 8.43. The van der Waals surface area contributed by atoms with Gasteiger partial charge in [-0.25, -0.2) is 0 Å². The summed E-state index contributed by atoms with van der Waals surface area (Å²) in [5, 5.41) is 12.1. The first-order valence-electron chi connectivity index (χ1n) is 12.3. The zero-order chi connectivity index (χ0) is 30.1. The summed E-state index contributed by atoms with van der Waals surface area (Å²) < 4.78 is 82.5. The van der Waals surface area contributed by atoms with Crippen LogP contribution in [-0.4, -0.2) is 44.6 Å². The first-order chi connectivity index (χ1) is 19.1. The van der Waals surface area contributed by atoms with E-state index in [0.29, 0.717) is 17.1 Å². The molecule has 1 N–H and O–H groups in total. The van der Waals surface area contributed by atoms with E-state index in [9.17, 15) is 35.9 Å². The molecule has 0 aliphatic heterocycles. The maximum absolute atomic E-state index is 13.4. The molecule has 1 unspecified atom stereocenters. The van der Waals surface area contributed by atoms with Gasteiger partial charge in [-0.05, 0) is 49.6 Å². The molecule has 0 aliphatic rings. The summed E-state index contributed by atoms with van der Waals surface area (Å²) >= 11 is 1.17. The standard InChI is InChI=1S/C27H25F6N5O2S/c1-15-35-36-25(41-15)34-23(39)9-8-20(12-17-14-37(2)22-7-5-4-6-21(17)22)38(3)24(40)16-10-18(26(28,29)30)13-19(11-16)27(31,32)33/h4-7,10-11,13-14,20H,8-9,12H2,1-3H3,(H,34,36,39). The molecule has 2 amide bonds. The minimum Gasteiger partial charge on any atom is -0.350 e. The van der Waals surface area contributed by atoms with E-state index in [2.05, 4.69) is 15.5 Å². The Hall–Kier alpha value is -3.94. The van der Waals surface area contributed by atoms with Gasteiger partial charge >= 0.3 is 12.4 Å². The van der Waals surface area contributed by atoms with Crippen LogP contribution >= 0.6 is 11.3 Å². The molecular formula is C27H25F6N5O2S. The zero-order valence-electron chi connectivity index (χ0n) is 22.1. The van der Waals surface area contributed by atoms with E-state index in [1.807, 2.05) is 42.1 Å². The Morgan fingerprint density at radius 2 is 1.66 bits per heavy atom. The average molecular weight is 598 g/mol. The molecule has 1 atom stereocenters. The third-order valence-corrected chi connectivity index (χ3v) is 7.37. The molecule has 0 spiro atoms. The number of amides is 2. The number of anilines is 1. The van der Waals surface area contributed by atoms with Gasteiger partial charge in [0.05, 0.1) is 11.1 Å². The summed E-state index contributed by atoms with van der Waals surface area (Å²) in [5.74, 6) is -1.46. The molecule has 2 aromatic carbocycles. The fourth-order valence-corrected chi connectivity index (χ4v) is 5.16. The second-order valence-electron chi connectivity index (χ2n) is 9.56. The van der Waals surface area contributed by atoms with Crippen molar-refractivity contribution in [3.05, 3.63) is 75.9 Å². The van der Waals surface area contributed by atoms with Gasteiger partial charge in [-0.3, -0.25) is 9.59 Å². The molecule has 0 aliphatic carbocycles. The van der Waals surface area contributed by atoms with Crippen molar-refractivity contribution in [1.82, 2.24) is 19.7 Å². The summed E-state index contributed by atoms with van der Waals surface area (Å²) in [5.41, 5.74) is -2.23. The van der Waals surface area contributed by atoms with Crippen molar-refractivity contribution in [3.8, 4) is 0 Å². The van der Waals surface area contributed by atoms with Crippen LogP contribution in [0.1, 0.15) is 44.9 Å². The highest BCUT2D eigenvalue weighted by Gasteiger charge is 2.38. The minimum atomic E-state index is -5.10. The van der Waals surface area contributed by atoms with Crippen LogP contribution in [0, 0.1) is 6.92 Å². The molecule has 2 heterocycles. The lowest BCUT2D eigenvalue weighted by Crippen LogP contribution is -2.39. The van der Waals surface area contributed by atoms with Crippen LogP contribution < -0.4 is 5.32 Å². The molecule has 0 bridgehead atoms. The van der Waals surface area contributed by atoms with Gasteiger partial charge in [0.15, 0.2) is 0 Å². The van der Waals surface area contributed by atoms with Gasteiger partial charge in [0, 0.05) is 49.2 Å². The normalized spacial score (nSPS) is 12.9. The minimum absolute atomic E-state index is 0.0239. The number of aryl methyl sites for hydroxylation is 2. The molecule has 14 heteroatoms. The van der Waals surface area contributed by atoms with Gasteiger partial charge in [0.2, 0.25) is 11.0 Å². The predicted octanol–water partition coefficient (Wildman–Crippen LogP) is 6.48. The largest absolute Gasteiger partial charge is 0.416 e. The van der Waals surface area contributed by atoms with Crippen molar-refractivity contribution in [2.24, 2.45) is 7.05 Å². The summed E-state index contributed by atoms with van der Waals surface area (Å²) in [6.45, 7) is 1.71. The van der Waals surface area contributed by atoms with Gasteiger partial charge in [-0.15, -0.1) is 10.2 Å². The number of para-hydroxylation sites is 1. The average Bonchev–Trinajstić information content (AvgIpc) is 3.46. The molecule has 0 radical (unpaired) electrons. The van der Waals surface area contributed by atoms with Crippen LogP contribution in [0.25, 0.3) is 10.9 Å². The van der Waals surface area contributed by atoms with Crippen LogP contribution in [0.15, 0.2) is 48.7 Å². The zero-order valence-corrected chi connectivity index (χ0v) is 22.9. The van der Waals surface area contributed by atoms with Gasteiger partial charge in [-0.2, -0.15) is 26.3 Å². The fourth-order valence-electron chi connectivity index (χ4n) is 4.55. The van der Waals surface area contributed by atoms with E-state index >= 15 is 0 Å². The van der Waals surface area contributed by atoms with Crippen LogP contribution in [0.5, 0.6) is 0 Å². The summed E-state index contributed by atoms with van der Waals surface area (Å²) in [6, 6.07) is 7.49. The van der Waals surface area contributed by atoms with E-state index in [4.69, 9.17) is 0 Å². The lowest BCUT2D eigenvalue weighted by atomic mass is 9.98. The third kappa shape index (κ3) is 7.04. The highest BCUT2D eigenvalue weighted by molar-refractivity contribution is 7.15. The topological polar surface area (TPSA) is 80.1 Å². The molecule has 4 rings (SSSR count). The summed E-state index contributed by atoms with van der Waals surface area (Å²) in [7, 11) is 3.13. The number of hydrogen-bond acceptors (Lipinski definition) is 5. The van der Waals surface area contributed by atoms with Gasteiger partial charge in [0.25, 0.3) is 5.91 Å². The maximum Gasteiger partial charge on any atom is 0.416 e. The van der Waals surface area contributed by atoms with Crippen LogP contribution in [0.4, 0.5) is 31.5 Å². The SMILES string of the molecule is Cc1nnc(NC(=O)CCC(Cc2cn(C)c3ccccc23)N(C)C(=O)c2cc(C(F)(F)F)cc(C(F)(F)F)c2)s1. The second-order valence-corrected chi connectivity index (χ2v) is 10.7. The predicted molar refractivity (Wildman–Crippen MR) is 141 cm³/mol. The number of alkyl halides is 6. The molecule has 0 fully saturated rings. The molecule has 0 saturated carbocycles. The van der Waals surface area contributed by atoms with Crippen LogP contribution in [-0.2, 0) is 30.6 Å². The van der Waals surface area contributed by atoms with Crippen LogP contribution in [0.3, 0.4) is 0 Å².